The molecule has 0 spiro atoms. The van der Waals surface area contributed by atoms with Gasteiger partial charge in [-0.1, -0.05) is 18.2 Å². The molecule has 0 amide bonds. The third-order valence-electron chi connectivity index (χ3n) is 3.29. The van der Waals surface area contributed by atoms with Crippen molar-refractivity contribution in [1.29, 1.82) is 0 Å². The Morgan fingerprint density at radius 3 is 2.75 bits per heavy atom. The van der Waals surface area contributed by atoms with Crippen LogP contribution in [0.3, 0.4) is 0 Å². The largest absolute Gasteiger partial charge is 0.496 e. The molecule has 0 saturated carbocycles. The van der Waals surface area contributed by atoms with Crippen molar-refractivity contribution in [3.63, 3.8) is 0 Å². The standard InChI is InChI=1S/C16H21N3O/c1-12(17)13-8-9-18-16(10-13)19(2)11-14-6-4-5-7-15(14)20-3/h4-10,12H,11,17H2,1-3H3. The molecule has 4 heteroatoms. The first-order chi connectivity index (χ1) is 9.61. The first-order valence-corrected chi connectivity index (χ1v) is 6.66. The zero-order valence-corrected chi connectivity index (χ0v) is 12.2. The summed E-state index contributed by atoms with van der Waals surface area (Å²) in [6.45, 7) is 2.71. The molecule has 20 heavy (non-hydrogen) atoms. The van der Waals surface area contributed by atoms with E-state index < -0.39 is 0 Å². The summed E-state index contributed by atoms with van der Waals surface area (Å²) in [5.41, 5.74) is 8.13. The molecule has 0 aliphatic carbocycles. The lowest BCUT2D eigenvalue weighted by Gasteiger charge is -2.20. The van der Waals surface area contributed by atoms with E-state index in [0.717, 1.165) is 29.2 Å². The average molecular weight is 271 g/mol. The van der Waals surface area contributed by atoms with Gasteiger partial charge in [-0.2, -0.15) is 0 Å². The van der Waals surface area contributed by atoms with E-state index in [0.29, 0.717) is 0 Å². The van der Waals surface area contributed by atoms with Crippen LogP contribution in [0.1, 0.15) is 24.1 Å². The van der Waals surface area contributed by atoms with Gasteiger partial charge in [-0.3, -0.25) is 0 Å². The van der Waals surface area contributed by atoms with E-state index in [1.807, 2.05) is 44.3 Å². The van der Waals surface area contributed by atoms with Crippen LogP contribution in [-0.4, -0.2) is 19.1 Å². The molecular weight excluding hydrogens is 250 g/mol. The van der Waals surface area contributed by atoms with Crippen molar-refractivity contribution in [3.8, 4) is 5.75 Å². The van der Waals surface area contributed by atoms with Crippen LogP contribution in [0.4, 0.5) is 5.82 Å². The molecule has 1 heterocycles. The molecule has 0 aliphatic rings. The highest BCUT2D eigenvalue weighted by atomic mass is 16.5. The van der Waals surface area contributed by atoms with E-state index in [1.54, 1.807) is 13.3 Å². The summed E-state index contributed by atoms with van der Waals surface area (Å²) in [5.74, 6) is 1.80. The number of methoxy groups -OCH3 is 1. The SMILES string of the molecule is COc1ccccc1CN(C)c1cc(C(C)N)ccn1. The molecule has 106 valence electrons. The average Bonchev–Trinajstić information content (AvgIpc) is 2.48. The van der Waals surface area contributed by atoms with E-state index in [-0.39, 0.29) is 6.04 Å². The minimum atomic E-state index is 0.0106. The Labute approximate surface area is 120 Å². The van der Waals surface area contributed by atoms with Crippen molar-refractivity contribution in [2.24, 2.45) is 5.73 Å². The van der Waals surface area contributed by atoms with Gasteiger partial charge in [-0.15, -0.1) is 0 Å². The van der Waals surface area contributed by atoms with Crippen LogP contribution in [0.25, 0.3) is 0 Å². The maximum absolute atomic E-state index is 5.91. The number of benzene rings is 1. The van der Waals surface area contributed by atoms with Gasteiger partial charge in [-0.25, -0.2) is 4.98 Å². The molecule has 1 aromatic carbocycles. The molecule has 0 fully saturated rings. The van der Waals surface area contributed by atoms with Crippen molar-refractivity contribution >= 4 is 5.82 Å². The van der Waals surface area contributed by atoms with Gasteiger partial charge in [0, 0.05) is 31.4 Å². The number of para-hydroxylation sites is 1. The quantitative estimate of drug-likeness (QED) is 0.908. The Kier molecular flexibility index (Phi) is 4.58. The first kappa shape index (κ1) is 14.3. The first-order valence-electron chi connectivity index (χ1n) is 6.66. The molecule has 2 rings (SSSR count). The second kappa shape index (κ2) is 6.39. The highest BCUT2D eigenvalue weighted by Gasteiger charge is 2.09. The third-order valence-corrected chi connectivity index (χ3v) is 3.29. The van der Waals surface area contributed by atoms with Crippen LogP contribution < -0.4 is 15.4 Å². The van der Waals surface area contributed by atoms with Gasteiger partial charge in [0.2, 0.25) is 0 Å². The van der Waals surface area contributed by atoms with Gasteiger partial charge in [-0.05, 0) is 30.7 Å². The molecule has 0 saturated heterocycles. The second-order valence-electron chi connectivity index (χ2n) is 4.90. The Morgan fingerprint density at radius 2 is 2.05 bits per heavy atom. The Morgan fingerprint density at radius 1 is 1.30 bits per heavy atom. The van der Waals surface area contributed by atoms with Gasteiger partial charge in [0.1, 0.15) is 11.6 Å². The van der Waals surface area contributed by atoms with Gasteiger partial charge >= 0.3 is 0 Å². The topological polar surface area (TPSA) is 51.4 Å². The zero-order valence-electron chi connectivity index (χ0n) is 12.2. The van der Waals surface area contributed by atoms with Crippen LogP contribution in [0.2, 0.25) is 0 Å². The molecule has 0 aliphatic heterocycles. The molecule has 4 nitrogen and oxygen atoms in total. The smallest absolute Gasteiger partial charge is 0.128 e. The van der Waals surface area contributed by atoms with E-state index in [1.165, 1.54) is 0 Å². The molecular formula is C16H21N3O. The number of anilines is 1. The molecule has 2 N–H and O–H groups in total. The molecule has 2 aromatic rings. The van der Waals surface area contributed by atoms with Crippen LogP contribution in [-0.2, 0) is 6.54 Å². The summed E-state index contributed by atoms with van der Waals surface area (Å²) in [5, 5.41) is 0. The fourth-order valence-electron chi connectivity index (χ4n) is 2.10. The van der Waals surface area contributed by atoms with Gasteiger partial charge in [0.25, 0.3) is 0 Å². The van der Waals surface area contributed by atoms with Crippen molar-refractivity contribution in [1.82, 2.24) is 4.98 Å². The van der Waals surface area contributed by atoms with Crippen molar-refractivity contribution < 1.29 is 4.74 Å². The highest BCUT2D eigenvalue weighted by molar-refractivity contribution is 5.44. The van der Waals surface area contributed by atoms with Crippen LogP contribution >= 0.6 is 0 Å². The number of hydrogen-bond acceptors (Lipinski definition) is 4. The maximum Gasteiger partial charge on any atom is 0.128 e. The summed E-state index contributed by atoms with van der Waals surface area (Å²) < 4.78 is 5.38. The van der Waals surface area contributed by atoms with Crippen molar-refractivity contribution in [3.05, 3.63) is 53.7 Å². The molecule has 0 bridgehead atoms. The van der Waals surface area contributed by atoms with E-state index in [9.17, 15) is 0 Å². The van der Waals surface area contributed by atoms with Crippen LogP contribution in [0.15, 0.2) is 42.6 Å². The number of nitrogens with two attached hydrogens (primary N) is 1. The number of rotatable bonds is 5. The van der Waals surface area contributed by atoms with Crippen molar-refractivity contribution in [2.75, 3.05) is 19.1 Å². The van der Waals surface area contributed by atoms with E-state index in [4.69, 9.17) is 10.5 Å². The minimum absolute atomic E-state index is 0.0106. The van der Waals surface area contributed by atoms with Gasteiger partial charge in [0.05, 0.1) is 7.11 Å². The number of pyridine rings is 1. The second-order valence-corrected chi connectivity index (χ2v) is 4.90. The van der Waals surface area contributed by atoms with Crippen molar-refractivity contribution in [2.45, 2.75) is 19.5 Å². The predicted octanol–water partition coefficient (Wildman–Crippen LogP) is 2.75. The number of aromatic nitrogens is 1. The normalized spacial score (nSPS) is 12.0. The molecule has 1 atom stereocenters. The molecule has 1 aromatic heterocycles. The number of ether oxygens (including phenoxy) is 1. The summed E-state index contributed by atoms with van der Waals surface area (Å²) in [4.78, 5) is 6.49. The monoisotopic (exact) mass is 271 g/mol. The summed E-state index contributed by atoms with van der Waals surface area (Å²) in [7, 11) is 3.70. The van der Waals surface area contributed by atoms with Gasteiger partial charge in [0.15, 0.2) is 0 Å². The summed E-state index contributed by atoms with van der Waals surface area (Å²) in [6, 6.07) is 12.0. The summed E-state index contributed by atoms with van der Waals surface area (Å²) >= 11 is 0. The Bertz CT molecular complexity index is 569. The maximum atomic E-state index is 5.91. The zero-order chi connectivity index (χ0) is 14.5. The lowest BCUT2D eigenvalue weighted by atomic mass is 10.1. The fraction of sp³-hybridized carbons (Fsp3) is 0.312. The fourth-order valence-corrected chi connectivity index (χ4v) is 2.10. The molecule has 1 unspecified atom stereocenters. The lowest BCUT2D eigenvalue weighted by molar-refractivity contribution is 0.409. The van der Waals surface area contributed by atoms with E-state index in [2.05, 4.69) is 16.0 Å². The third kappa shape index (κ3) is 3.27. The van der Waals surface area contributed by atoms with E-state index >= 15 is 0 Å². The number of nitrogens with zero attached hydrogens (tertiary/aromatic N) is 2. The molecule has 0 radical (unpaired) electrons. The predicted molar refractivity (Wildman–Crippen MR) is 81.9 cm³/mol. The van der Waals surface area contributed by atoms with Gasteiger partial charge < -0.3 is 15.4 Å². The van der Waals surface area contributed by atoms with Crippen LogP contribution in [0.5, 0.6) is 5.75 Å². The minimum Gasteiger partial charge on any atom is -0.496 e. The van der Waals surface area contributed by atoms with Crippen LogP contribution in [0, 0.1) is 0 Å². The number of hydrogen-bond donors (Lipinski definition) is 1. The lowest BCUT2D eigenvalue weighted by Crippen LogP contribution is -2.18. The summed E-state index contributed by atoms with van der Waals surface area (Å²) in [6.07, 6.45) is 1.80. The highest BCUT2D eigenvalue weighted by Crippen LogP contribution is 2.22. The Hall–Kier alpha value is -2.07. The Balaban J connectivity index is 2.19.